The van der Waals surface area contributed by atoms with E-state index >= 15 is 0 Å². The van der Waals surface area contributed by atoms with Gasteiger partial charge in [0.25, 0.3) is 0 Å². The highest BCUT2D eigenvalue weighted by molar-refractivity contribution is 6.74. The van der Waals surface area contributed by atoms with Crippen molar-refractivity contribution in [3.8, 4) is 0 Å². The predicted molar refractivity (Wildman–Crippen MR) is 89.1 cm³/mol. The number of ketones is 1. The highest BCUT2D eigenvalue weighted by Gasteiger charge is 2.40. The summed E-state index contributed by atoms with van der Waals surface area (Å²) >= 11 is 0. The van der Waals surface area contributed by atoms with Gasteiger partial charge in [-0.05, 0) is 23.7 Å². The average Bonchev–Trinajstić information content (AvgIpc) is 2.45. The molecule has 0 aromatic heterocycles. The van der Waals surface area contributed by atoms with Gasteiger partial charge >= 0.3 is 5.97 Å². The molecular formula is C17H26O4Si. The Labute approximate surface area is 134 Å². The zero-order valence-corrected chi connectivity index (χ0v) is 15.3. The van der Waals surface area contributed by atoms with E-state index < -0.39 is 26.2 Å². The molecule has 0 radical (unpaired) electrons. The van der Waals surface area contributed by atoms with Gasteiger partial charge in [-0.25, -0.2) is 4.79 Å². The number of hydrogen-bond donors (Lipinski definition) is 0. The lowest BCUT2D eigenvalue weighted by molar-refractivity contribution is -0.152. The maximum absolute atomic E-state index is 12.0. The molecule has 1 rings (SSSR count). The Morgan fingerprint density at radius 1 is 1.14 bits per heavy atom. The molecule has 4 nitrogen and oxygen atoms in total. The minimum atomic E-state index is -2.07. The van der Waals surface area contributed by atoms with Gasteiger partial charge in [0.1, 0.15) is 0 Å². The first-order valence-corrected chi connectivity index (χ1v) is 10.3. The Morgan fingerprint density at radius 3 is 2.14 bits per heavy atom. The third kappa shape index (κ3) is 4.78. The number of carbonyl (C=O) groups excluding carboxylic acids is 2. The van der Waals surface area contributed by atoms with E-state index in [0.717, 1.165) is 5.56 Å². The van der Waals surface area contributed by atoms with Crippen LogP contribution in [0.15, 0.2) is 30.3 Å². The average molecular weight is 322 g/mol. The monoisotopic (exact) mass is 322 g/mol. The molecule has 0 unspecified atom stereocenters. The fraction of sp³-hybridized carbons (Fsp3) is 0.529. The van der Waals surface area contributed by atoms with Crippen LogP contribution < -0.4 is 0 Å². The van der Waals surface area contributed by atoms with Gasteiger partial charge in [0.2, 0.25) is 5.78 Å². The van der Waals surface area contributed by atoms with Crippen molar-refractivity contribution in [2.75, 3.05) is 7.11 Å². The minimum absolute atomic E-state index is 0.00317. The Balaban J connectivity index is 3.03. The van der Waals surface area contributed by atoms with Crippen LogP contribution in [0.1, 0.15) is 38.9 Å². The maximum atomic E-state index is 12.0. The van der Waals surface area contributed by atoms with Crippen LogP contribution in [0, 0.1) is 0 Å². The van der Waals surface area contributed by atoms with Crippen molar-refractivity contribution >= 4 is 20.1 Å². The Bertz CT molecular complexity index is 517. The second-order valence-corrected chi connectivity index (χ2v) is 11.7. The molecule has 0 aliphatic rings. The molecule has 0 fully saturated rings. The summed E-state index contributed by atoms with van der Waals surface area (Å²) < 4.78 is 10.9. The normalized spacial score (nSPS) is 13.5. The van der Waals surface area contributed by atoms with E-state index in [1.807, 2.05) is 30.3 Å². The summed E-state index contributed by atoms with van der Waals surface area (Å²) in [4.78, 5) is 23.4. The molecule has 0 spiro atoms. The van der Waals surface area contributed by atoms with Crippen molar-refractivity contribution in [2.24, 2.45) is 0 Å². The summed E-state index contributed by atoms with van der Waals surface area (Å²) in [5, 5.41) is 0.0222. The molecule has 122 valence electrons. The lowest BCUT2D eigenvalue weighted by Gasteiger charge is -2.39. The largest absolute Gasteiger partial charge is 0.463 e. The van der Waals surface area contributed by atoms with E-state index in [1.165, 1.54) is 7.11 Å². The van der Waals surface area contributed by atoms with Crippen molar-refractivity contribution in [1.82, 2.24) is 0 Å². The summed E-state index contributed by atoms with van der Waals surface area (Å²) in [5.74, 6) is -1.38. The molecule has 1 atom stereocenters. The van der Waals surface area contributed by atoms with Crippen molar-refractivity contribution < 1.29 is 18.8 Å². The Kier molecular flexibility index (Phi) is 6.08. The molecule has 5 heteroatoms. The van der Waals surface area contributed by atoms with E-state index in [-0.39, 0.29) is 11.5 Å². The Morgan fingerprint density at radius 2 is 1.68 bits per heavy atom. The summed E-state index contributed by atoms with van der Waals surface area (Å²) in [6.07, 6.45) is -0.419. The maximum Gasteiger partial charge on any atom is 0.374 e. The van der Waals surface area contributed by atoms with Gasteiger partial charge in [0, 0.05) is 6.42 Å². The number of benzene rings is 1. The zero-order valence-electron chi connectivity index (χ0n) is 14.3. The van der Waals surface area contributed by atoms with Gasteiger partial charge in [-0.1, -0.05) is 51.1 Å². The molecule has 0 saturated carbocycles. The number of ether oxygens (including phenoxy) is 1. The first-order chi connectivity index (χ1) is 10.1. The SMILES string of the molecule is COC(=O)C(=O)C[C@H](O[Si](C)(C)C(C)(C)C)c1ccccc1. The van der Waals surface area contributed by atoms with E-state index in [4.69, 9.17) is 4.43 Å². The summed E-state index contributed by atoms with van der Waals surface area (Å²) in [7, 11) is -0.852. The molecule has 1 aromatic carbocycles. The quantitative estimate of drug-likeness (QED) is 0.453. The fourth-order valence-electron chi connectivity index (χ4n) is 1.79. The second kappa shape index (κ2) is 7.20. The fourth-order valence-corrected chi connectivity index (χ4v) is 3.08. The van der Waals surface area contributed by atoms with Gasteiger partial charge < -0.3 is 9.16 Å². The van der Waals surface area contributed by atoms with Crippen LogP contribution in [-0.4, -0.2) is 27.2 Å². The molecule has 0 heterocycles. The van der Waals surface area contributed by atoms with Crippen LogP contribution in [0.3, 0.4) is 0 Å². The Hall–Kier alpha value is -1.46. The molecule has 0 N–H and O–H groups in total. The van der Waals surface area contributed by atoms with Gasteiger partial charge in [-0.2, -0.15) is 0 Å². The summed E-state index contributed by atoms with van der Waals surface area (Å²) in [5.41, 5.74) is 0.907. The lowest BCUT2D eigenvalue weighted by atomic mass is 10.0. The highest BCUT2D eigenvalue weighted by atomic mass is 28.4. The number of Topliss-reactive ketones (excluding diaryl/α,β-unsaturated/α-hetero) is 1. The summed E-state index contributed by atoms with van der Waals surface area (Å²) in [6, 6.07) is 9.56. The van der Waals surface area contributed by atoms with Crippen LogP contribution in [0.5, 0.6) is 0 Å². The second-order valence-electron chi connectivity index (χ2n) is 6.90. The van der Waals surface area contributed by atoms with E-state index in [9.17, 15) is 9.59 Å². The first kappa shape index (κ1) is 18.6. The van der Waals surface area contributed by atoms with E-state index in [2.05, 4.69) is 38.6 Å². The number of hydrogen-bond acceptors (Lipinski definition) is 4. The number of esters is 1. The number of methoxy groups -OCH3 is 1. The van der Waals surface area contributed by atoms with Gasteiger partial charge in [0.05, 0.1) is 13.2 Å². The molecule has 0 saturated heterocycles. The number of carbonyl (C=O) groups is 2. The van der Waals surface area contributed by atoms with Gasteiger partial charge in [-0.15, -0.1) is 0 Å². The first-order valence-electron chi connectivity index (χ1n) is 7.42. The molecular weight excluding hydrogens is 296 g/mol. The standard InChI is InChI=1S/C17H26O4Si/c1-17(2,3)22(5,6)21-15(12-14(18)16(19)20-4)13-10-8-7-9-11-13/h7-11,15H,12H2,1-6H3/t15-/m0/s1. The smallest absolute Gasteiger partial charge is 0.374 e. The molecule has 0 amide bonds. The topological polar surface area (TPSA) is 52.6 Å². The third-order valence-corrected chi connectivity index (χ3v) is 8.68. The lowest BCUT2D eigenvalue weighted by Crippen LogP contribution is -2.42. The van der Waals surface area contributed by atoms with Crippen molar-refractivity contribution in [3.63, 3.8) is 0 Å². The van der Waals surface area contributed by atoms with E-state index in [0.29, 0.717) is 0 Å². The third-order valence-electron chi connectivity index (χ3n) is 4.20. The van der Waals surface area contributed by atoms with Crippen LogP contribution in [-0.2, 0) is 18.8 Å². The van der Waals surface area contributed by atoms with Crippen molar-refractivity contribution in [1.29, 1.82) is 0 Å². The van der Waals surface area contributed by atoms with Gasteiger partial charge in [0.15, 0.2) is 8.32 Å². The van der Waals surface area contributed by atoms with Crippen LogP contribution in [0.4, 0.5) is 0 Å². The van der Waals surface area contributed by atoms with E-state index in [1.54, 1.807) is 0 Å². The predicted octanol–water partition coefficient (Wildman–Crippen LogP) is 3.88. The van der Waals surface area contributed by atoms with Crippen molar-refractivity contribution in [3.05, 3.63) is 35.9 Å². The van der Waals surface area contributed by atoms with Crippen LogP contribution in [0.25, 0.3) is 0 Å². The zero-order chi connectivity index (χ0) is 17.0. The molecule has 0 aliphatic carbocycles. The van der Waals surface area contributed by atoms with Gasteiger partial charge in [-0.3, -0.25) is 4.79 Å². The molecule has 0 bridgehead atoms. The minimum Gasteiger partial charge on any atom is -0.463 e. The highest BCUT2D eigenvalue weighted by Crippen LogP contribution is 2.40. The molecule has 22 heavy (non-hydrogen) atoms. The molecule has 0 aliphatic heterocycles. The van der Waals surface area contributed by atoms with Crippen LogP contribution in [0.2, 0.25) is 18.1 Å². The molecule has 1 aromatic rings. The van der Waals surface area contributed by atoms with Crippen molar-refractivity contribution in [2.45, 2.75) is 51.4 Å². The number of rotatable bonds is 6. The summed E-state index contributed by atoms with van der Waals surface area (Å²) in [6.45, 7) is 10.7. The van der Waals surface area contributed by atoms with Crippen LogP contribution >= 0.6 is 0 Å².